The molecule has 0 saturated heterocycles. The van der Waals surface area contributed by atoms with E-state index < -0.39 is 10.0 Å². The number of nitrogens with one attached hydrogen (secondary N) is 1. The molecular weight excluding hydrogens is 342 g/mol. The summed E-state index contributed by atoms with van der Waals surface area (Å²) in [6.45, 7) is 3.75. The predicted octanol–water partition coefficient (Wildman–Crippen LogP) is 2.81. The van der Waals surface area contributed by atoms with Crippen LogP contribution in [0.3, 0.4) is 0 Å². The van der Waals surface area contributed by atoms with Crippen LogP contribution in [-0.4, -0.2) is 29.7 Å². The molecule has 2 aromatic rings. The third-order valence-electron chi connectivity index (χ3n) is 4.11. The Bertz CT molecular complexity index is 862. The van der Waals surface area contributed by atoms with Gasteiger partial charge in [-0.2, -0.15) is 0 Å². The van der Waals surface area contributed by atoms with E-state index in [9.17, 15) is 8.42 Å². The van der Waals surface area contributed by atoms with Crippen molar-refractivity contribution in [2.75, 3.05) is 21.3 Å². The Kier molecular flexibility index (Phi) is 5.92. The molecule has 0 bridgehead atoms. The van der Waals surface area contributed by atoms with Crippen molar-refractivity contribution >= 4 is 10.0 Å². The highest BCUT2D eigenvalue weighted by atomic mass is 32.2. The zero-order chi connectivity index (χ0) is 18.6. The fraction of sp³-hybridized carbons (Fsp3) is 0.333. The number of hydrogen-bond acceptors (Lipinski definition) is 5. The molecule has 0 aromatic heterocycles. The summed E-state index contributed by atoms with van der Waals surface area (Å²) < 4.78 is 43.6. The molecule has 0 aliphatic carbocycles. The molecule has 0 aliphatic heterocycles. The molecule has 0 spiro atoms. The summed E-state index contributed by atoms with van der Waals surface area (Å²) in [5, 5.41) is 0. The highest BCUT2D eigenvalue weighted by molar-refractivity contribution is 7.89. The van der Waals surface area contributed by atoms with Crippen molar-refractivity contribution in [1.29, 1.82) is 0 Å². The summed E-state index contributed by atoms with van der Waals surface area (Å²) >= 11 is 0. The third-order valence-corrected chi connectivity index (χ3v) is 5.66. The number of sulfonamides is 1. The normalized spacial score (nSPS) is 11.2. The van der Waals surface area contributed by atoms with Crippen LogP contribution in [0.15, 0.2) is 35.2 Å². The van der Waals surface area contributed by atoms with Crippen molar-refractivity contribution in [3.8, 4) is 17.2 Å². The zero-order valence-electron chi connectivity index (χ0n) is 15.0. The van der Waals surface area contributed by atoms with Crippen LogP contribution in [0.5, 0.6) is 17.2 Å². The number of ether oxygens (including phenoxy) is 3. The lowest BCUT2D eigenvalue weighted by Gasteiger charge is -2.14. The second kappa shape index (κ2) is 7.76. The van der Waals surface area contributed by atoms with Gasteiger partial charge in [0.2, 0.25) is 10.0 Å². The molecular formula is C18H23NO5S. The van der Waals surface area contributed by atoms with E-state index in [2.05, 4.69) is 4.72 Å². The fourth-order valence-electron chi connectivity index (χ4n) is 2.53. The van der Waals surface area contributed by atoms with Gasteiger partial charge in [-0.3, -0.25) is 0 Å². The monoisotopic (exact) mass is 365 g/mol. The molecule has 0 saturated carbocycles. The van der Waals surface area contributed by atoms with Crippen molar-refractivity contribution in [1.82, 2.24) is 4.72 Å². The molecule has 2 aromatic carbocycles. The van der Waals surface area contributed by atoms with Crippen LogP contribution in [0.25, 0.3) is 0 Å². The molecule has 1 N–H and O–H groups in total. The molecule has 0 amide bonds. The van der Waals surface area contributed by atoms with E-state index in [0.717, 1.165) is 11.1 Å². The summed E-state index contributed by atoms with van der Waals surface area (Å²) in [6.07, 6.45) is 0. The average Bonchev–Trinajstić information content (AvgIpc) is 2.61. The van der Waals surface area contributed by atoms with Gasteiger partial charge in [0.25, 0.3) is 0 Å². The molecule has 0 atom stereocenters. The summed E-state index contributed by atoms with van der Waals surface area (Å²) in [6, 6.07) is 8.49. The SMILES string of the molecule is COc1ccc(CNS(=O)(=O)c2ccc(OC)c(C)c2C)cc1OC. The summed E-state index contributed by atoms with van der Waals surface area (Å²) in [5.41, 5.74) is 2.24. The minimum absolute atomic E-state index is 0.146. The third kappa shape index (κ3) is 4.05. The maximum absolute atomic E-state index is 12.6. The van der Waals surface area contributed by atoms with Gasteiger partial charge in [-0.25, -0.2) is 13.1 Å². The van der Waals surface area contributed by atoms with Crippen LogP contribution in [0.1, 0.15) is 16.7 Å². The fourth-order valence-corrected chi connectivity index (χ4v) is 3.85. The summed E-state index contributed by atoms with van der Waals surface area (Å²) in [4.78, 5) is 0.242. The number of hydrogen-bond donors (Lipinski definition) is 1. The molecule has 0 aliphatic rings. The Morgan fingerprint density at radius 1 is 0.840 bits per heavy atom. The van der Waals surface area contributed by atoms with Crippen LogP contribution in [-0.2, 0) is 16.6 Å². The van der Waals surface area contributed by atoms with Crippen molar-refractivity contribution in [3.63, 3.8) is 0 Å². The van der Waals surface area contributed by atoms with Crippen molar-refractivity contribution < 1.29 is 22.6 Å². The van der Waals surface area contributed by atoms with E-state index >= 15 is 0 Å². The Morgan fingerprint density at radius 3 is 2.04 bits per heavy atom. The van der Waals surface area contributed by atoms with Gasteiger partial charge in [0, 0.05) is 6.54 Å². The summed E-state index contributed by atoms with van der Waals surface area (Å²) in [7, 11) is 0.999. The maximum atomic E-state index is 12.6. The molecule has 0 heterocycles. The first-order chi connectivity index (χ1) is 11.8. The second-order valence-electron chi connectivity index (χ2n) is 5.53. The minimum atomic E-state index is -3.65. The van der Waals surface area contributed by atoms with Crippen molar-refractivity contribution in [2.45, 2.75) is 25.3 Å². The molecule has 0 unspecified atom stereocenters. The smallest absolute Gasteiger partial charge is 0.241 e. The highest BCUT2D eigenvalue weighted by Gasteiger charge is 2.19. The van der Waals surface area contributed by atoms with Gasteiger partial charge in [-0.1, -0.05) is 6.07 Å². The van der Waals surface area contributed by atoms with E-state index in [4.69, 9.17) is 14.2 Å². The summed E-state index contributed by atoms with van der Waals surface area (Å²) in [5.74, 6) is 1.81. The molecule has 2 rings (SSSR count). The van der Waals surface area contributed by atoms with Gasteiger partial charge in [-0.05, 0) is 54.8 Å². The molecule has 0 fully saturated rings. The standard InChI is InChI=1S/C18H23NO5S/c1-12-13(2)18(9-8-15(12)22-3)25(20,21)19-11-14-6-7-16(23-4)17(10-14)24-5/h6-10,19H,11H2,1-5H3. The van der Waals surface area contributed by atoms with E-state index in [1.54, 1.807) is 51.5 Å². The first-order valence-corrected chi connectivity index (χ1v) is 9.17. The number of methoxy groups -OCH3 is 3. The lowest BCUT2D eigenvalue weighted by atomic mass is 10.1. The Labute approximate surface area is 148 Å². The van der Waals surface area contributed by atoms with Crippen LogP contribution in [0.2, 0.25) is 0 Å². The van der Waals surface area contributed by atoms with Crippen LogP contribution >= 0.6 is 0 Å². The molecule has 7 heteroatoms. The van der Waals surface area contributed by atoms with E-state index in [1.165, 1.54) is 7.11 Å². The van der Waals surface area contributed by atoms with Gasteiger partial charge < -0.3 is 14.2 Å². The second-order valence-corrected chi connectivity index (χ2v) is 7.27. The van der Waals surface area contributed by atoms with Gasteiger partial charge in [0.15, 0.2) is 11.5 Å². The van der Waals surface area contributed by atoms with Crippen molar-refractivity contribution in [3.05, 3.63) is 47.0 Å². The zero-order valence-corrected chi connectivity index (χ0v) is 15.9. The van der Waals surface area contributed by atoms with Gasteiger partial charge in [0.05, 0.1) is 26.2 Å². The molecule has 25 heavy (non-hydrogen) atoms. The topological polar surface area (TPSA) is 73.9 Å². The van der Waals surface area contributed by atoms with E-state index in [-0.39, 0.29) is 11.4 Å². The molecule has 0 radical (unpaired) electrons. The largest absolute Gasteiger partial charge is 0.496 e. The van der Waals surface area contributed by atoms with Crippen LogP contribution in [0.4, 0.5) is 0 Å². The average molecular weight is 365 g/mol. The molecule has 136 valence electrons. The number of rotatable bonds is 7. The van der Waals surface area contributed by atoms with E-state index in [1.807, 2.05) is 6.92 Å². The quantitative estimate of drug-likeness (QED) is 0.817. The van der Waals surface area contributed by atoms with Crippen LogP contribution < -0.4 is 18.9 Å². The maximum Gasteiger partial charge on any atom is 0.241 e. The highest BCUT2D eigenvalue weighted by Crippen LogP contribution is 2.29. The Balaban J connectivity index is 2.24. The minimum Gasteiger partial charge on any atom is -0.496 e. The lowest BCUT2D eigenvalue weighted by molar-refractivity contribution is 0.354. The Hall–Kier alpha value is -2.25. The molecule has 6 nitrogen and oxygen atoms in total. The van der Waals surface area contributed by atoms with Gasteiger partial charge in [0.1, 0.15) is 5.75 Å². The lowest BCUT2D eigenvalue weighted by Crippen LogP contribution is -2.24. The van der Waals surface area contributed by atoms with E-state index in [0.29, 0.717) is 22.8 Å². The first-order valence-electron chi connectivity index (χ1n) is 7.68. The first kappa shape index (κ1) is 19.1. The van der Waals surface area contributed by atoms with Crippen molar-refractivity contribution in [2.24, 2.45) is 0 Å². The van der Waals surface area contributed by atoms with Gasteiger partial charge >= 0.3 is 0 Å². The Morgan fingerprint density at radius 2 is 1.44 bits per heavy atom. The number of benzene rings is 2. The predicted molar refractivity (Wildman–Crippen MR) is 96.0 cm³/mol. The van der Waals surface area contributed by atoms with Gasteiger partial charge in [-0.15, -0.1) is 0 Å². The van der Waals surface area contributed by atoms with Crippen LogP contribution in [0, 0.1) is 13.8 Å².